The van der Waals surface area contributed by atoms with Crippen molar-refractivity contribution in [3.05, 3.63) is 30.1 Å². The Morgan fingerprint density at radius 1 is 1.29 bits per heavy atom. The maximum atomic E-state index is 13.0. The summed E-state index contributed by atoms with van der Waals surface area (Å²) in [7, 11) is -3.53. The third kappa shape index (κ3) is 2.32. The van der Waals surface area contributed by atoms with Gasteiger partial charge in [-0.1, -0.05) is 6.07 Å². The number of fused-ring (bicyclic) bond motifs is 2. The lowest BCUT2D eigenvalue weighted by Crippen LogP contribution is -2.33. The van der Waals surface area contributed by atoms with E-state index < -0.39 is 9.84 Å². The molecule has 1 amide bonds. The second kappa shape index (κ2) is 5.29. The van der Waals surface area contributed by atoms with Crippen molar-refractivity contribution < 1.29 is 13.2 Å². The van der Waals surface area contributed by atoms with Crippen LogP contribution in [0.4, 0.5) is 0 Å². The van der Waals surface area contributed by atoms with Gasteiger partial charge in [0.05, 0.1) is 5.52 Å². The molecule has 4 rings (SSSR count). The van der Waals surface area contributed by atoms with Gasteiger partial charge in [0.15, 0.2) is 5.69 Å². The molecule has 8 heteroatoms. The summed E-state index contributed by atoms with van der Waals surface area (Å²) in [6, 6.07) is 5.36. The van der Waals surface area contributed by atoms with Crippen molar-refractivity contribution in [3.8, 4) is 0 Å². The van der Waals surface area contributed by atoms with Gasteiger partial charge in [-0.05, 0) is 36.8 Å². The summed E-state index contributed by atoms with van der Waals surface area (Å²) >= 11 is 0. The van der Waals surface area contributed by atoms with Crippen LogP contribution in [0.25, 0.3) is 5.52 Å². The van der Waals surface area contributed by atoms with Crippen LogP contribution in [0.5, 0.6) is 0 Å². The number of sulfone groups is 1. The highest BCUT2D eigenvalue weighted by Gasteiger charge is 2.43. The standard InChI is InChI=1S/C16H20N4O3S/c1-24(22,23)16-18-14(13-4-2-3-7-20(13)16)15(21)19-8-10-5-6-12(17)11(10)9-19/h2-4,7,10-12H,5-6,8-9,17H2,1H3. The second-order valence-electron chi connectivity index (χ2n) is 6.85. The number of imidazole rings is 1. The average molecular weight is 348 g/mol. The normalized spacial score (nSPS) is 26.9. The average Bonchev–Trinajstić information content (AvgIpc) is 3.20. The number of aromatic nitrogens is 2. The number of carbonyl (C=O) groups excluding carboxylic acids is 1. The molecule has 0 radical (unpaired) electrons. The van der Waals surface area contributed by atoms with Crippen molar-refractivity contribution in [2.75, 3.05) is 19.3 Å². The molecule has 128 valence electrons. The van der Waals surface area contributed by atoms with E-state index in [0.29, 0.717) is 30.4 Å². The topological polar surface area (TPSA) is 97.8 Å². The molecule has 3 heterocycles. The number of nitrogens with zero attached hydrogens (tertiary/aromatic N) is 3. The molecule has 2 aromatic heterocycles. The van der Waals surface area contributed by atoms with Crippen molar-refractivity contribution in [2.45, 2.75) is 24.0 Å². The molecule has 2 N–H and O–H groups in total. The van der Waals surface area contributed by atoms with Gasteiger partial charge in [-0.25, -0.2) is 13.4 Å². The minimum Gasteiger partial charge on any atom is -0.337 e. The minimum absolute atomic E-state index is 0.0995. The fourth-order valence-electron chi connectivity index (χ4n) is 4.05. The molecular weight excluding hydrogens is 328 g/mol. The molecule has 1 saturated heterocycles. The number of hydrogen-bond acceptors (Lipinski definition) is 5. The van der Waals surface area contributed by atoms with Crippen LogP contribution in [-0.4, -0.2) is 54.0 Å². The number of nitrogens with two attached hydrogens (primary N) is 1. The monoisotopic (exact) mass is 348 g/mol. The van der Waals surface area contributed by atoms with Crippen LogP contribution in [0.2, 0.25) is 0 Å². The predicted molar refractivity (Wildman–Crippen MR) is 88.4 cm³/mol. The first kappa shape index (κ1) is 15.6. The minimum atomic E-state index is -3.53. The summed E-state index contributed by atoms with van der Waals surface area (Å²) in [6.45, 7) is 1.31. The molecule has 0 bridgehead atoms. The molecule has 3 unspecified atom stereocenters. The SMILES string of the molecule is CS(=O)(=O)c1nc(C(=O)N2CC3CCC(N)C3C2)c2ccccn12. The lowest BCUT2D eigenvalue weighted by molar-refractivity contribution is 0.0776. The smallest absolute Gasteiger partial charge is 0.274 e. The molecule has 7 nitrogen and oxygen atoms in total. The maximum Gasteiger partial charge on any atom is 0.274 e. The Bertz CT molecular complexity index is 921. The zero-order valence-electron chi connectivity index (χ0n) is 13.4. The molecule has 0 aromatic carbocycles. The van der Waals surface area contributed by atoms with E-state index in [0.717, 1.165) is 19.1 Å². The molecule has 1 aliphatic carbocycles. The molecule has 2 fully saturated rings. The first-order valence-corrected chi connectivity index (χ1v) is 9.97. The Morgan fingerprint density at radius 2 is 2.08 bits per heavy atom. The van der Waals surface area contributed by atoms with Gasteiger partial charge in [-0.2, -0.15) is 0 Å². The number of hydrogen-bond donors (Lipinski definition) is 1. The van der Waals surface area contributed by atoms with Crippen molar-refractivity contribution in [2.24, 2.45) is 17.6 Å². The predicted octanol–water partition coefficient (Wildman–Crippen LogP) is 0.547. The quantitative estimate of drug-likeness (QED) is 0.854. The van der Waals surface area contributed by atoms with Gasteiger partial charge in [-0.15, -0.1) is 0 Å². The highest BCUT2D eigenvalue weighted by Crippen LogP contribution is 2.37. The largest absolute Gasteiger partial charge is 0.337 e. The van der Waals surface area contributed by atoms with Crippen LogP contribution >= 0.6 is 0 Å². The van der Waals surface area contributed by atoms with E-state index in [2.05, 4.69) is 4.98 Å². The molecule has 1 saturated carbocycles. The summed E-state index contributed by atoms with van der Waals surface area (Å²) in [4.78, 5) is 18.9. The van der Waals surface area contributed by atoms with Crippen molar-refractivity contribution in [3.63, 3.8) is 0 Å². The van der Waals surface area contributed by atoms with Crippen LogP contribution in [-0.2, 0) is 9.84 Å². The summed E-state index contributed by atoms with van der Waals surface area (Å²) in [6.07, 6.45) is 4.78. The molecule has 0 spiro atoms. The highest BCUT2D eigenvalue weighted by molar-refractivity contribution is 7.90. The number of carbonyl (C=O) groups is 1. The molecule has 1 aliphatic heterocycles. The Kier molecular flexibility index (Phi) is 3.43. The third-order valence-electron chi connectivity index (χ3n) is 5.25. The first-order chi connectivity index (χ1) is 11.4. The zero-order chi connectivity index (χ0) is 17.1. The Morgan fingerprint density at radius 3 is 2.79 bits per heavy atom. The Balaban J connectivity index is 1.73. The van der Waals surface area contributed by atoms with E-state index in [4.69, 9.17) is 5.73 Å². The Hall–Kier alpha value is -1.93. The lowest BCUT2D eigenvalue weighted by atomic mass is 9.98. The van der Waals surface area contributed by atoms with Gasteiger partial charge in [-0.3, -0.25) is 9.20 Å². The second-order valence-corrected chi connectivity index (χ2v) is 8.76. The molecule has 3 atom stereocenters. The maximum absolute atomic E-state index is 13.0. The van der Waals surface area contributed by atoms with Crippen LogP contribution in [0.15, 0.2) is 29.6 Å². The molecule has 2 aromatic rings. The van der Waals surface area contributed by atoms with Crippen molar-refractivity contribution >= 4 is 21.3 Å². The van der Waals surface area contributed by atoms with Crippen molar-refractivity contribution in [1.29, 1.82) is 0 Å². The van der Waals surface area contributed by atoms with E-state index >= 15 is 0 Å². The number of pyridine rings is 1. The van der Waals surface area contributed by atoms with E-state index in [1.165, 1.54) is 4.40 Å². The van der Waals surface area contributed by atoms with Gasteiger partial charge in [0.1, 0.15) is 0 Å². The number of amides is 1. The van der Waals surface area contributed by atoms with Crippen LogP contribution < -0.4 is 5.73 Å². The van der Waals surface area contributed by atoms with E-state index in [9.17, 15) is 13.2 Å². The molecule has 24 heavy (non-hydrogen) atoms. The van der Waals surface area contributed by atoms with Crippen LogP contribution in [0.3, 0.4) is 0 Å². The number of likely N-dealkylation sites (tertiary alicyclic amines) is 1. The van der Waals surface area contributed by atoms with Gasteiger partial charge in [0.25, 0.3) is 5.91 Å². The highest BCUT2D eigenvalue weighted by atomic mass is 32.2. The summed E-state index contributed by atoms with van der Waals surface area (Å²) in [5.74, 6) is 0.583. The molecular formula is C16H20N4O3S. The van der Waals surface area contributed by atoms with Gasteiger partial charge >= 0.3 is 0 Å². The van der Waals surface area contributed by atoms with E-state index in [1.807, 2.05) is 0 Å². The summed E-state index contributed by atoms with van der Waals surface area (Å²) < 4.78 is 25.4. The summed E-state index contributed by atoms with van der Waals surface area (Å²) in [5.41, 5.74) is 6.85. The summed E-state index contributed by atoms with van der Waals surface area (Å²) in [5, 5.41) is -0.0995. The lowest BCUT2D eigenvalue weighted by Gasteiger charge is -2.17. The van der Waals surface area contributed by atoms with Crippen molar-refractivity contribution in [1.82, 2.24) is 14.3 Å². The number of rotatable bonds is 2. The van der Waals surface area contributed by atoms with Crippen LogP contribution in [0, 0.1) is 11.8 Å². The zero-order valence-corrected chi connectivity index (χ0v) is 14.2. The van der Waals surface area contributed by atoms with Crippen LogP contribution in [0.1, 0.15) is 23.3 Å². The van der Waals surface area contributed by atoms with E-state index in [-0.39, 0.29) is 22.8 Å². The fourth-order valence-corrected chi connectivity index (χ4v) is 4.83. The molecule has 2 aliphatic rings. The Labute approximate surface area is 140 Å². The van der Waals surface area contributed by atoms with E-state index in [1.54, 1.807) is 29.3 Å². The third-order valence-corrected chi connectivity index (χ3v) is 6.20. The first-order valence-electron chi connectivity index (χ1n) is 8.08. The van der Waals surface area contributed by atoms with Gasteiger partial charge in [0, 0.05) is 31.6 Å². The fraction of sp³-hybridized carbons (Fsp3) is 0.500. The van der Waals surface area contributed by atoms with Gasteiger partial charge < -0.3 is 10.6 Å². The van der Waals surface area contributed by atoms with Gasteiger partial charge in [0.2, 0.25) is 15.0 Å².